The van der Waals surface area contributed by atoms with Crippen molar-refractivity contribution >= 4 is 17.5 Å². The van der Waals surface area contributed by atoms with Gasteiger partial charge in [-0.15, -0.1) is 0 Å². The SMILES string of the molecule is COc1cc(Cl)cc(CNC2CCCN(C(=O)C(C)C)C2)c1OC. The zero-order valence-electron chi connectivity index (χ0n) is 14.9. The lowest BCUT2D eigenvalue weighted by atomic mass is 10.0. The van der Waals surface area contributed by atoms with Crippen LogP contribution in [0.3, 0.4) is 0 Å². The maximum absolute atomic E-state index is 12.2. The molecule has 6 heteroatoms. The number of halogens is 1. The lowest BCUT2D eigenvalue weighted by Crippen LogP contribution is -2.48. The van der Waals surface area contributed by atoms with Crippen molar-refractivity contribution in [3.05, 3.63) is 22.7 Å². The van der Waals surface area contributed by atoms with Gasteiger partial charge in [-0.1, -0.05) is 25.4 Å². The van der Waals surface area contributed by atoms with Gasteiger partial charge in [0.2, 0.25) is 5.91 Å². The summed E-state index contributed by atoms with van der Waals surface area (Å²) < 4.78 is 10.8. The zero-order chi connectivity index (χ0) is 17.7. The summed E-state index contributed by atoms with van der Waals surface area (Å²) in [6.07, 6.45) is 2.08. The first-order valence-electron chi connectivity index (χ1n) is 8.38. The van der Waals surface area contributed by atoms with E-state index in [4.69, 9.17) is 21.1 Å². The van der Waals surface area contributed by atoms with Crippen LogP contribution in [0.4, 0.5) is 0 Å². The van der Waals surface area contributed by atoms with Gasteiger partial charge in [-0.3, -0.25) is 4.79 Å². The summed E-state index contributed by atoms with van der Waals surface area (Å²) in [7, 11) is 3.22. The molecule has 0 bridgehead atoms. The molecular formula is C18H27ClN2O3. The highest BCUT2D eigenvalue weighted by atomic mass is 35.5. The average Bonchev–Trinajstić information content (AvgIpc) is 2.58. The molecular weight excluding hydrogens is 328 g/mol. The molecule has 1 unspecified atom stereocenters. The molecule has 1 aliphatic rings. The predicted molar refractivity (Wildman–Crippen MR) is 95.8 cm³/mol. The Morgan fingerprint density at radius 2 is 2.12 bits per heavy atom. The summed E-state index contributed by atoms with van der Waals surface area (Å²) in [5.41, 5.74) is 0.953. The quantitative estimate of drug-likeness (QED) is 0.852. The van der Waals surface area contributed by atoms with Crippen molar-refractivity contribution in [3.63, 3.8) is 0 Å². The molecule has 1 aromatic rings. The van der Waals surface area contributed by atoms with E-state index in [1.165, 1.54) is 0 Å². The molecule has 0 aliphatic carbocycles. The maximum atomic E-state index is 12.2. The zero-order valence-corrected chi connectivity index (χ0v) is 15.7. The van der Waals surface area contributed by atoms with Crippen LogP contribution in [0.25, 0.3) is 0 Å². The minimum Gasteiger partial charge on any atom is -0.493 e. The summed E-state index contributed by atoms with van der Waals surface area (Å²) >= 11 is 6.16. The van der Waals surface area contributed by atoms with E-state index >= 15 is 0 Å². The summed E-state index contributed by atoms with van der Waals surface area (Å²) in [6.45, 7) is 6.11. The van der Waals surface area contributed by atoms with E-state index in [2.05, 4.69) is 5.32 Å². The van der Waals surface area contributed by atoms with Gasteiger partial charge in [-0.05, 0) is 18.9 Å². The van der Waals surface area contributed by atoms with Crippen molar-refractivity contribution in [2.24, 2.45) is 5.92 Å². The van der Waals surface area contributed by atoms with Gasteiger partial charge < -0.3 is 19.7 Å². The van der Waals surface area contributed by atoms with Crippen LogP contribution in [0.1, 0.15) is 32.3 Å². The number of piperidine rings is 1. The van der Waals surface area contributed by atoms with Crippen molar-refractivity contribution in [2.45, 2.75) is 39.3 Å². The number of ether oxygens (including phenoxy) is 2. The van der Waals surface area contributed by atoms with Gasteiger partial charge in [-0.2, -0.15) is 0 Å². The van der Waals surface area contributed by atoms with Crippen molar-refractivity contribution in [1.29, 1.82) is 0 Å². The topological polar surface area (TPSA) is 50.8 Å². The number of carbonyl (C=O) groups is 1. The Hall–Kier alpha value is -1.46. The second kappa shape index (κ2) is 8.58. The Bertz CT molecular complexity index is 578. The number of hydrogen-bond donors (Lipinski definition) is 1. The molecule has 1 N–H and O–H groups in total. The van der Waals surface area contributed by atoms with Gasteiger partial charge in [0.05, 0.1) is 14.2 Å². The van der Waals surface area contributed by atoms with Gasteiger partial charge in [0, 0.05) is 48.2 Å². The number of benzene rings is 1. The van der Waals surface area contributed by atoms with E-state index in [1.807, 2.05) is 24.8 Å². The van der Waals surface area contributed by atoms with E-state index in [1.54, 1.807) is 20.3 Å². The summed E-state index contributed by atoms with van der Waals surface area (Å²) in [6, 6.07) is 3.90. The lowest BCUT2D eigenvalue weighted by Gasteiger charge is -2.34. The summed E-state index contributed by atoms with van der Waals surface area (Å²) in [4.78, 5) is 14.2. The Labute approximate surface area is 149 Å². The molecule has 134 valence electrons. The van der Waals surface area contributed by atoms with E-state index in [0.717, 1.165) is 31.5 Å². The van der Waals surface area contributed by atoms with Gasteiger partial charge in [-0.25, -0.2) is 0 Å². The van der Waals surface area contributed by atoms with Gasteiger partial charge >= 0.3 is 0 Å². The second-order valence-electron chi connectivity index (χ2n) is 6.46. The van der Waals surface area contributed by atoms with Crippen LogP contribution in [0, 0.1) is 5.92 Å². The predicted octanol–water partition coefficient (Wildman–Crippen LogP) is 3.09. The Morgan fingerprint density at radius 1 is 1.38 bits per heavy atom. The Morgan fingerprint density at radius 3 is 2.75 bits per heavy atom. The third-order valence-electron chi connectivity index (χ3n) is 4.33. The van der Waals surface area contributed by atoms with Crippen LogP contribution < -0.4 is 14.8 Å². The first kappa shape index (κ1) is 18.9. The molecule has 0 aromatic heterocycles. The first-order valence-corrected chi connectivity index (χ1v) is 8.76. The second-order valence-corrected chi connectivity index (χ2v) is 6.90. The number of amides is 1. The van der Waals surface area contributed by atoms with Crippen molar-refractivity contribution in [1.82, 2.24) is 10.2 Å². The molecule has 1 heterocycles. The lowest BCUT2D eigenvalue weighted by molar-refractivity contribution is -0.135. The number of nitrogens with one attached hydrogen (secondary N) is 1. The van der Waals surface area contributed by atoms with Crippen LogP contribution in [0.15, 0.2) is 12.1 Å². The van der Waals surface area contributed by atoms with Gasteiger partial charge in [0.15, 0.2) is 11.5 Å². The third-order valence-corrected chi connectivity index (χ3v) is 4.55. The molecule has 5 nitrogen and oxygen atoms in total. The van der Waals surface area contributed by atoms with Gasteiger partial charge in [0.25, 0.3) is 0 Å². The van der Waals surface area contributed by atoms with Crippen LogP contribution in [0.2, 0.25) is 5.02 Å². The van der Waals surface area contributed by atoms with Crippen molar-refractivity contribution in [2.75, 3.05) is 27.3 Å². The minimum atomic E-state index is 0.0426. The Balaban J connectivity index is 2.03. The van der Waals surface area contributed by atoms with Crippen LogP contribution in [-0.4, -0.2) is 44.2 Å². The number of rotatable bonds is 6. The molecule has 0 saturated carbocycles. The highest BCUT2D eigenvalue weighted by molar-refractivity contribution is 6.30. The van der Waals surface area contributed by atoms with Crippen molar-refractivity contribution < 1.29 is 14.3 Å². The monoisotopic (exact) mass is 354 g/mol. The Kier molecular flexibility index (Phi) is 6.75. The fourth-order valence-corrected chi connectivity index (χ4v) is 3.33. The standard InChI is InChI=1S/C18H27ClN2O3/c1-12(2)18(22)21-7-5-6-15(11-21)20-10-13-8-14(19)9-16(23-3)17(13)24-4/h8-9,12,15,20H,5-7,10-11H2,1-4H3. The van der Waals surface area contributed by atoms with Crippen LogP contribution in [0.5, 0.6) is 11.5 Å². The molecule has 1 atom stereocenters. The number of likely N-dealkylation sites (tertiary alicyclic amines) is 1. The molecule has 0 radical (unpaired) electrons. The number of nitrogens with zero attached hydrogens (tertiary/aromatic N) is 1. The largest absolute Gasteiger partial charge is 0.493 e. The molecule has 1 aromatic carbocycles. The highest BCUT2D eigenvalue weighted by Gasteiger charge is 2.25. The first-order chi connectivity index (χ1) is 11.5. The van der Waals surface area contributed by atoms with Crippen LogP contribution in [-0.2, 0) is 11.3 Å². The fraction of sp³-hybridized carbons (Fsp3) is 0.611. The molecule has 2 rings (SSSR count). The van der Waals surface area contributed by atoms with E-state index < -0.39 is 0 Å². The fourth-order valence-electron chi connectivity index (χ4n) is 3.10. The molecule has 0 spiro atoms. The molecule has 1 fully saturated rings. The maximum Gasteiger partial charge on any atom is 0.225 e. The number of hydrogen-bond acceptors (Lipinski definition) is 4. The number of methoxy groups -OCH3 is 2. The summed E-state index contributed by atoms with van der Waals surface area (Å²) in [5, 5.41) is 4.14. The third kappa shape index (κ3) is 4.54. The molecule has 1 aliphatic heterocycles. The van der Waals surface area contributed by atoms with Gasteiger partial charge in [0.1, 0.15) is 0 Å². The molecule has 1 saturated heterocycles. The smallest absolute Gasteiger partial charge is 0.225 e. The summed E-state index contributed by atoms with van der Waals surface area (Å²) in [5.74, 6) is 1.59. The van der Waals surface area contributed by atoms with E-state index in [9.17, 15) is 4.79 Å². The van der Waals surface area contributed by atoms with E-state index in [-0.39, 0.29) is 17.9 Å². The van der Waals surface area contributed by atoms with E-state index in [0.29, 0.717) is 23.1 Å². The van der Waals surface area contributed by atoms with Crippen molar-refractivity contribution in [3.8, 4) is 11.5 Å². The highest BCUT2D eigenvalue weighted by Crippen LogP contribution is 2.34. The normalized spacial score (nSPS) is 17.9. The molecule has 1 amide bonds. The minimum absolute atomic E-state index is 0.0426. The average molecular weight is 355 g/mol. The molecule has 24 heavy (non-hydrogen) atoms. The van der Waals surface area contributed by atoms with Crippen LogP contribution >= 0.6 is 11.6 Å². The number of carbonyl (C=O) groups excluding carboxylic acids is 1.